The molecule has 13 aromatic rings. The molecule has 71 heavy (non-hydrogen) atoms. The second-order valence-electron chi connectivity index (χ2n) is 17.7. The highest BCUT2D eigenvalue weighted by molar-refractivity contribution is 6.19. The normalized spacial score (nSPS) is 11.4. The number of hydrogen-bond acceptors (Lipinski definition) is 6. The van der Waals surface area contributed by atoms with E-state index < -0.39 is 0 Å². The lowest BCUT2D eigenvalue weighted by Gasteiger charge is -2.12. The minimum Gasteiger partial charge on any atom is -0.456 e. The summed E-state index contributed by atoms with van der Waals surface area (Å²) in [5.74, 6) is 2.42. The molecule has 0 saturated heterocycles. The van der Waals surface area contributed by atoms with E-state index in [4.69, 9.17) is 29.3 Å². The molecule has 0 N–H and O–H groups in total. The molecule has 6 heteroatoms. The van der Waals surface area contributed by atoms with Gasteiger partial charge in [-0.1, -0.05) is 206 Å². The summed E-state index contributed by atoms with van der Waals surface area (Å²) in [5.41, 5.74) is 15.6. The molecule has 0 aliphatic heterocycles. The summed E-state index contributed by atoms with van der Waals surface area (Å²) in [4.78, 5) is 25.8. The first kappa shape index (κ1) is 41.5. The highest BCUT2D eigenvalue weighted by Crippen LogP contribution is 2.38. The summed E-state index contributed by atoms with van der Waals surface area (Å²) in [7, 11) is 0. The van der Waals surface area contributed by atoms with Gasteiger partial charge in [0.05, 0.1) is 11.4 Å². The van der Waals surface area contributed by atoms with E-state index in [1.165, 1.54) is 5.56 Å². The molecule has 13 rings (SSSR count). The van der Waals surface area contributed by atoms with E-state index in [0.717, 1.165) is 105 Å². The Kier molecular flexibility index (Phi) is 10.4. The van der Waals surface area contributed by atoms with Crippen LogP contribution >= 0.6 is 0 Å². The Labute approximate surface area is 410 Å². The van der Waals surface area contributed by atoms with Gasteiger partial charge in [0.2, 0.25) is 0 Å². The van der Waals surface area contributed by atoms with Crippen LogP contribution in [-0.4, -0.2) is 24.9 Å². The maximum atomic E-state index is 6.36. The highest BCUT2D eigenvalue weighted by Gasteiger charge is 2.18. The van der Waals surface area contributed by atoms with E-state index in [1.807, 2.05) is 54.6 Å². The number of fused-ring (bicyclic) bond motifs is 5. The smallest absolute Gasteiger partial charge is 0.164 e. The Morgan fingerprint density at radius 1 is 0.225 bits per heavy atom. The van der Waals surface area contributed by atoms with E-state index >= 15 is 0 Å². The average molecular weight is 908 g/mol. The van der Waals surface area contributed by atoms with Crippen molar-refractivity contribution in [1.82, 2.24) is 24.9 Å². The molecule has 10 aromatic carbocycles. The van der Waals surface area contributed by atoms with Crippen LogP contribution in [-0.2, 0) is 0 Å². The lowest BCUT2D eigenvalue weighted by atomic mass is 9.98. The van der Waals surface area contributed by atoms with Gasteiger partial charge in [0.1, 0.15) is 11.2 Å². The Bertz CT molecular complexity index is 3980. The van der Waals surface area contributed by atoms with E-state index in [1.54, 1.807) is 0 Å². The fourth-order valence-electron chi connectivity index (χ4n) is 9.51. The zero-order valence-electron chi connectivity index (χ0n) is 38.3. The SMILES string of the molecule is c1ccc(-c2ccc(-c3cc(-c4cccc(-c5cccc(-c6nc(-c7ccccc7)nc(-c7ccc8oc9ccc%10ccccc%10c9c8c7)n6)c5)c4)nc(-c4ccc(-c5ccccc5)cc4)n3)cc2)cc1. The minimum absolute atomic E-state index is 0.580. The molecular weight excluding hydrogens is 867 g/mol. The zero-order chi connectivity index (χ0) is 47.1. The van der Waals surface area contributed by atoms with Gasteiger partial charge in [-0.3, -0.25) is 0 Å². The van der Waals surface area contributed by atoms with Crippen LogP contribution in [0.2, 0.25) is 0 Å². The van der Waals surface area contributed by atoms with Crippen molar-refractivity contribution < 1.29 is 4.42 Å². The first-order valence-electron chi connectivity index (χ1n) is 23.7. The van der Waals surface area contributed by atoms with Crippen molar-refractivity contribution in [2.24, 2.45) is 0 Å². The Morgan fingerprint density at radius 3 is 1.28 bits per heavy atom. The summed E-state index contributed by atoms with van der Waals surface area (Å²) in [6.45, 7) is 0. The van der Waals surface area contributed by atoms with E-state index in [2.05, 4.69) is 194 Å². The van der Waals surface area contributed by atoms with Crippen molar-refractivity contribution >= 4 is 32.7 Å². The van der Waals surface area contributed by atoms with Crippen LogP contribution < -0.4 is 0 Å². The van der Waals surface area contributed by atoms with Gasteiger partial charge >= 0.3 is 0 Å². The van der Waals surface area contributed by atoms with Gasteiger partial charge in [-0.15, -0.1) is 0 Å². The van der Waals surface area contributed by atoms with Crippen LogP contribution in [0.1, 0.15) is 0 Å². The zero-order valence-corrected chi connectivity index (χ0v) is 38.3. The molecule has 0 saturated carbocycles. The summed E-state index contributed by atoms with van der Waals surface area (Å²) in [6.07, 6.45) is 0. The lowest BCUT2D eigenvalue weighted by molar-refractivity contribution is 0.669. The third kappa shape index (κ3) is 8.09. The topological polar surface area (TPSA) is 77.6 Å². The molecule has 0 bridgehead atoms. The molecule has 0 radical (unpaired) electrons. The largest absolute Gasteiger partial charge is 0.456 e. The fourth-order valence-corrected chi connectivity index (χ4v) is 9.51. The van der Waals surface area contributed by atoms with Crippen LogP contribution in [0.25, 0.3) is 134 Å². The predicted octanol–water partition coefficient (Wildman–Crippen LogP) is 16.7. The Balaban J connectivity index is 0.889. The number of rotatable bonds is 9. The van der Waals surface area contributed by atoms with Crippen molar-refractivity contribution in [3.8, 4) is 101 Å². The van der Waals surface area contributed by atoms with Crippen LogP contribution in [0.5, 0.6) is 0 Å². The van der Waals surface area contributed by atoms with Crippen LogP contribution in [0.4, 0.5) is 0 Å². The van der Waals surface area contributed by atoms with Gasteiger partial charge in [-0.05, 0) is 86.6 Å². The number of hydrogen-bond donors (Lipinski definition) is 0. The fraction of sp³-hybridized carbons (Fsp3) is 0. The molecule has 3 heterocycles. The third-order valence-corrected chi connectivity index (χ3v) is 13.2. The van der Waals surface area contributed by atoms with Crippen molar-refractivity contribution in [1.29, 1.82) is 0 Å². The molecule has 3 aromatic heterocycles. The van der Waals surface area contributed by atoms with Gasteiger partial charge in [0.15, 0.2) is 23.3 Å². The van der Waals surface area contributed by atoms with Crippen LogP contribution in [0.15, 0.2) is 253 Å². The number of nitrogens with zero attached hydrogens (tertiary/aromatic N) is 5. The molecular formula is C65H41N5O. The standard InChI is InChI=1S/C65H41N5O/c1-4-14-42(15-5-1)44-26-30-47(31-27-44)57-41-58(67-62(66-57)49-32-28-45(29-33-49)43-16-6-2-7-17-43)52-23-12-21-50(38-52)51-22-13-24-53(39-51)64-68-63(48-19-8-3-9-20-48)69-65(70-64)54-35-36-59-56(40-54)61-55-25-11-10-18-46(55)34-37-60(61)71-59/h1-41H. The molecule has 332 valence electrons. The van der Waals surface area contributed by atoms with Gasteiger partial charge in [0, 0.05) is 44.2 Å². The molecule has 0 amide bonds. The second-order valence-corrected chi connectivity index (χ2v) is 17.7. The lowest BCUT2D eigenvalue weighted by Crippen LogP contribution is -2.00. The minimum atomic E-state index is 0.580. The molecule has 0 unspecified atom stereocenters. The second kappa shape index (κ2) is 17.8. The van der Waals surface area contributed by atoms with Crippen molar-refractivity contribution in [3.05, 3.63) is 249 Å². The highest BCUT2D eigenvalue weighted by atomic mass is 16.3. The molecule has 0 spiro atoms. The third-order valence-electron chi connectivity index (χ3n) is 13.2. The van der Waals surface area contributed by atoms with E-state index in [-0.39, 0.29) is 0 Å². The molecule has 6 nitrogen and oxygen atoms in total. The van der Waals surface area contributed by atoms with Crippen molar-refractivity contribution in [2.45, 2.75) is 0 Å². The number of benzene rings is 10. The van der Waals surface area contributed by atoms with Crippen LogP contribution in [0.3, 0.4) is 0 Å². The molecule has 0 atom stereocenters. The first-order chi connectivity index (χ1) is 35.1. The maximum absolute atomic E-state index is 6.36. The Morgan fingerprint density at radius 2 is 0.634 bits per heavy atom. The van der Waals surface area contributed by atoms with Crippen molar-refractivity contribution in [2.75, 3.05) is 0 Å². The van der Waals surface area contributed by atoms with E-state index in [9.17, 15) is 0 Å². The van der Waals surface area contributed by atoms with Crippen molar-refractivity contribution in [3.63, 3.8) is 0 Å². The van der Waals surface area contributed by atoms with Crippen LogP contribution in [0, 0.1) is 0 Å². The monoisotopic (exact) mass is 907 g/mol. The van der Waals surface area contributed by atoms with Gasteiger partial charge in [-0.2, -0.15) is 0 Å². The predicted molar refractivity (Wildman–Crippen MR) is 289 cm³/mol. The molecule has 0 aliphatic carbocycles. The molecule has 0 aliphatic rings. The Hall–Kier alpha value is -9.65. The average Bonchev–Trinajstić information content (AvgIpc) is 3.85. The van der Waals surface area contributed by atoms with E-state index in [0.29, 0.717) is 23.3 Å². The summed E-state index contributed by atoms with van der Waals surface area (Å²) >= 11 is 0. The summed E-state index contributed by atoms with van der Waals surface area (Å²) < 4.78 is 6.36. The van der Waals surface area contributed by atoms with Gasteiger partial charge in [0.25, 0.3) is 0 Å². The number of aromatic nitrogens is 5. The summed E-state index contributed by atoms with van der Waals surface area (Å²) in [5, 5.41) is 4.40. The number of furan rings is 1. The summed E-state index contributed by atoms with van der Waals surface area (Å²) in [6, 6.07) is 85.9. The van der Waals surface area contributed by atoms with Gasteiger partial charge in [-0.25, -0.2) is 24.9 Å². The molecule has 0 fully saturated rings. The van der Waals surface area contributed by atoms with Gasteiger partial charge < -0.3 is 4.42 Å². The first-order valence-corrected chi connectivity index (χ1v) is 23.7. The quantitative estimate of drug-likeness (QED) is 0.144. The maximum Gasteiger partial charge on any atom is 0.164 e.